The SMILES string of the molecule is Cc1cc(C2CCN(C)C2)nc(CCC(C)(C)N)n1. The monoisotopic (exact) mass is 262 g/mol. The van der Waals surface area contributed by atoms with Crippen LogP contribution in [0.1, 0.15) is 49.8 Å². The van der Waals surface area contributed by atoms with Crippen LogP contribution in [0.15, 0.2) is 6.07 Å². The minimum Gasteiger partial charge on any atom is -0.326 e. The van der Waals surface area contributed by atoms with Gasteiger partial charge < -0.3 is 10.6 Å². The van der Waals surface area contributed by atoms with Gasteiger partial charge >= 0.3 is 0 Å². The smallest absolute Gasteiger partial charge is 0.128 e. The first-order chi connectivity index (χ1) is 8.83. The molecule has 1 aliphatic rings. The fraction of sp³-hybridized carbons (Fsp3) is 0.733. The molecule has 0 radical (unpaired) electrons. The Balaban J connectivity index is 2.11. The molecule has 0 saturated carbocycles. The number of likely N-dealkylation sites (tertiary alicyclic amines) is 1. The zero-order valence-corrected chi connectivity index (χ0v) is 12.6. The second-order valence-corrected chi connectivity index (χ2v) is 6.59. The molecule has 0 aromatic carbocycles. The van der Waals surface area contributed by atoms with Crippen molar-refractivity contribution in [3.63, 3.8) is 0 Å². The van der Waals surface area contributed by atoms with E-state index in [2.05, 4.69) is 43.8 Å². The molecule has 0 aliphatic carbocycles. The number of hydrogen-bond acceptors (Lipinski definition) is 4. The van der Waals surface area contributed by atoms with Crippen molar-refractivity contribution >= 4 is 0 Å². The van der Waals surface area contributed by atoms with Crippen LogP contribution in [0.3, 0.4) is 0 Å². The van der Waals surface area contributed by atoms with Crippen molar-refractivity contribution < 1.29 is 0 Å². The summed E-state index contributed by atoms with van der Waals surface area (Å²) in [6, 6.07) is 2.14. The van der Waals surface area contributed by atoms with Gasteiger partial charge in [-0.15, -0.1) is 0 Å². The predicted octanol–water partition coefficient (Wildman–Crippen LogP) is 1.87. The highest BCUT2D eigenvalue weighted by molar-refractivity contribution is 5.16. The van der Waals surface area contributed by atoms with Crippen molar-refractivity contribution in [1.29, 1.82) is 0 Å². The maximum absolute atomic E-state index is 6.04. The van der Waals surface area contributed by atoms with Gasteiger partial charge in [0.15, 0.2) is 0 Å². The lowest BCUT2D eigenvalue weighted by atomic mass is 9.99. The molecule has 1 aliphatic heterocycles. The molecule has 1 atom stereocenters. The van der Waals surface area contributed by atoms with Crippen molar-refractivity contribution in [2.75, 3.05) is 20.1 Å². The maximum Gasteiger partial charge on any atom is 0.128 e. The number of hydrogen-bond donors (Lipinski definition) is 1. The number of nitrogens with two attached hydrogens (primary N) is 1. The summed E-state index contributed by atoms with van der Waals surface area (Å²) in [4.78, 5) is 11.7. The van der Waals surface area contributed by atoms with Crippen LogP contribution in [-0.4, -0.2) is 40.5 Å². The maximum atomic E-state index is 6.04. The van der Waals surface area contributed by atoms with Crippen molar-refractivity contribution in [1.82, 2.24) is 14.9 Å². The van der Waals surface area contributed by atoms with Crippen LogP contribution in [-0.2, 0) is 6.42 Å². The summed E-state index contributed by atoms with van der Waals surface area (Å²) in [5.74, 6) is 1.51. The molecule has 1 fully saturated rings. The van der Waals surface area contributed by atoms with E-state index in [1.807, 2.05) is 0 Å². The van der Waals surface area contributed by atoms with Gasteiger partial charge in [-0.2, -0.15) is 0 Å². The second kappa shape index (κ2) is 5.55. The highest BCUT2D eigenvalue weighted by Crippen LogP contribution is 2.25. The average Bonchev–Trinajstić information content (AvgIpc) is 2.72. The lowest BCUT2D eigenvalue weighted by Crippen LogP contribution is -2.32. The van der Waals surface area contributed by atoms with Gasteiger partial charge in [-0.05, 0) is 53.3 Å². The Morgan fingerprint density at radius 2 is 2.16 bits per heavy atom. The molecule has 0 bridgehead atoms. The van der Waals surface area contributed by atoms with Gasteiger partial charge in [0.25, 0.3) is 0 Å². The Labute approximate surface area is 116 Å². The molecular formula is C15H26N4. The summed E-state index contributed by atoms with van der Waals surface area (Å²) < 4.78 is 0. The molecule has 2 heterocycles. The minimum atomic E-state index is -0.152. The molecule has 19 heavy (non-hydrogen) atoms. The predicted molar refractivity (Wildman–Crippen MR) is 78.2 cm³/mol. The second-order valence-electron chi connectivity index (χ2n) is 6.59. The van der Waals surface area contributed by atoms with E-state index in [0.29, 0.717) is 5.92 Å². The molecule has 1 saturated heterocycles. The lowest BCUT2D eigenvalue weighted by Gasteiger charge is -2.18. The summed E-state index contributed by atoms with van der Waals surface area (Å²) in [5.41, 5.74) is 8.17. The highest BCUT2D eigenvalue weighted by atomic mass is 15.1. The van der Waals surface area contributed by atoms with Crippen LogP contribution in [0.4, 0.5) is 0 Å². The normalized spacial score (nSPS) is 21.0. The van der Waals surface area contributed by atoms with Crippen molar-refractivity contribution in [3.8, 4) is 0 Å². The third-order valence-electron chi connectivity index (χ3n) is 3.72. The van der Waals surface area contributed by atoms with Gasteiger partial charge in [-0.25, -0.2) is 9.97 Å². The van der Waals surface area contributed by atoms with Crippen molar-refractivity contribution in [2.24, 2.45) is 5.73 Å². The Bertz CT molecular complexity index is 436. The van der Waals surface area contributed by atoms with Crippen molar-refractivity contribution in [3.05, 3.63) is 23.3 Å². The van der Waals surface area contributed by atoms with Crippen LogP contribution in [0.25, 0.3) is 0 Å². The number of aryl methyl sites for hydroxylation is 2. The Morgan fingerprint density at radius 1 is 1.42 bits per heavy atom. The lowest BCUT2D eigenvalue weighted by molar-refractivity contribution is 0.410. The van der Waals surface area contributed by atoms with E-state index in [1.54, 1.807) is 0 Å². The van der Waals surface area contributed by atoms with Gasteiger partial charge in [-0.3, -0.25) is 0 Å². The van der Waals surface area contributed by atoms with Gasteiger partial charge in [0.1, 0.15) is 5.82 Å². The van der Waals surface area contributed by atoms with Gasteiger partial charge in [0.2, 0.25) is 0 Å². The zero-order chi connectivity index (χ0) is 14.0. The van der Waals surface area contributed by atoms with Crippen LogP contribution in [0.5, 0.6) is 0 Å². The fourth-order valence-corrected chi connectivity index (χ4v) is 2.59. The summed E-state index contributed by atoms with van der Waals surface area (Å²) in [7, 11) is 2.17. The Hall–Kier alpha value is -1.00. The number of aromatic nitrogens is 2. The van der Waals surface area contributed by atoms with Crippen molar-refractivity contribution in [2.45, 2.75) is 51.5 Å². The zero-order valence-electron chi connectivity index (χ0n) is 12.6. The topological polar surface area (TPSA) is 55.0 Å². The van der Waals surface area contributed by atoms with Crippen LogP contribution in [0.2, 0.25) is 0 Å². The van der Waals surface area contributed by atoms with E-state index in [9.17, 15) is 0 Å². The largest absolute Gasteiger partial charge is 0.326 e. The molecule has 0 spiro atoms. The number of rotatable bonds is 4. The fourth-order valence-electron chi connectivity index (χ4n) is 2.59. The van der Waals surface area contributed by atoms with E-state index in [0.717, 1.165) is 30.9 Å². The van der Waals surface area contributed by atoms with E-state index >= 15 is 0 Å². The van der Waals surface area contributed by atoms with Crippen LogP contribution in [0, 0.1) is 6.92 Å². The number of nitrogens with zero attached hydrogens (tertiary/aromatic N) is 3. The highest BCUT2D eigenvalue weighted by Gasteiger charge is 2.23. The molecular weight excluding hydrogens is 236 g/mol. The molecule has 106 valence electrons. The van der Waals surface area contributed by atoms with Crippen LogP contribution >= 0.6 is 0 Å². The summed E-state index contributed by atoms with van der Waals surface area (Å²) in [6.07, 6.45) is 2.98. The van der Waals surface area contributed by atoms with Gasteiger partial charge in [0.05, 0.1) is 0 Å². The Morgan fingerprint density at radius 3 is 2.74 bits per heavy atom. The third-order valence-corrected chi connectivity index (χ3v) is 3.72. The standard InChI is InChI=1S/C15H26N4/c1-11-9-13(12-6-8-19(4)10-12)18-14(17-11)5-7-15(2,3)16/h9,12H,5-8,10,16H2,1-4H3. The molecule has 1 unspecified atom stereocenters. The summed E-state index contributed by atoms with van der Waals surface area (Å²) >= 11 is 0. The Kier molecular flexibility index (Phi) is 4.21. The third kappa shape index (κ3) is 4.25. The molecule has 1 aromatic heterocycles. The quantitative estimate of drug-likeness (QED) is 0.900. The summed E-state index contributed by atoms with van der Waals surface area (Å²) in [5, 5.41) is 0. The summed E-state index contributed by atoms with van der Waals surface area (Å²) in [6.45, 7) is 8.43. The molecule has 0 amide bonds. The molecule has 2 N–H and O–H groups in total. The van der Waals surface area contributed by atoms with Gasteiger partial charge in [0, 0.05) is 35.8 Å². The first-order valence-electron chi connectivity index (χ1n) is 7.15. The van der Waals surface area contributed by atoms with E-state index in [-0.39, 0.29) is 5.54 Å². The number of likely N-dealkylation sites (N-methyl/N-ethyl adjacent to an activating group) is 1. The minimum absolute atomic E-state index is 0.152. The molecule has 4 nitrogen and oxygen atoms in total. The average molecular weight is 262 g/mol. The van der Waals surface area contributed by atoms with Gasteiger partial charge in [-0.1, -0.05) is 0 Å². The molecule has 2 rings (SSSR count). The van der Waals surface area contributed by atoms with E-state index < -0.39 is 0 Å². The van der Waals surface area contributed by atoms with E-state index in [1.165, 1.54) is 18.7 Å². The van der Waals surface area contributed by atoms with Crippen LogP contribution < -0.4 is 5.73 Å². The molecule has 1 aromatic rings. The molecule has 4 heteroatoms. The first-order valence-corrected chi connectivity index (χ1v) is 7.15. The van der Waals surface area contributed by atoms with E-state index in [4.69, 9.17) is 10.7 Å². The first kappa shape index (κ1) is 14.4.